The molecule has 0 unspecified atom stereocenters. The van der Waals surface area contributed by atoms with Crippen molar-refractivity contribution in [3.05, 3.63) is 47.5 Å². The Kier molecular flexibility index (Phi) is 5.77. The van der Waals surface area contributed by atoms with E-state index in [9.17, 15) is 15.2 Å². The van der Waals surface area contributed by atoms with Gasteiger partial charge in [0.15, 0.2) is 16.6 Å². The molecule has 2 aromatic carbocycles. The molecule has 0 atom stereocenters. The van der Waals surface area contributed by atoms with E-state index in [-0.39, 0.29) is 17.1 Å². The fraction of sp³-hybridized carbons (Fsp3) is 0.150. The van der Waals surface area contributed by atoms with E-state index in [0.29, 0.717) is 17.3 Å². The predicted molar refractivity (Wildman–Crippen MR) is 108 cm³/mol. The Morgan fingerprint density at radius 1 is 1.36 bits per heavy atom. The normalized spacial score (nSPS) is 11.1. The van der Waals surface area contributed by atoms with Crippen molar-refractivity contribution in [1.29, 1.82) is 5.26 Å². The number of ether oxygens (including phenoxy) is 2. The van der Waals surface area contributed by atoms with Crippen LogP contribution >= 0.6 is 11.3 Å². The van der Waals surface area contributed by atoms with Crippen molar-refractivity contribution >= 4 is 38.7 Å². The minimum atomic E-state index is -0.571. The van der Waals surface area contributed by atoms with Crippen LogP contribution < -0.4 is 14.8 Å². The van der Waals surface area contributed by atoms with E-state index in [4.69, 9.17) is 9.47 Å². The first-order valence-electron chi connectivity index (χ1n) is 8.37. The van der Waals surface area contributed by atoms with Gasteiger partial charge in [0, 0.05) is 0 Å². The number of thiazole rings is 1. The van der Waals surface area contributed by atoms with Crippen LogP contribution in [-0.4, -0.2) is 29.7 Å². The number of carbonyl (C=O) groups is 1. The lowest BCUT2D eigenvalue weighted by molar-refractivity contribution is -0.112. The van der Waals surface area contributed by atoms with Crippen molar-refractivity contribution in [2.75, 3.05) is 19.0 Å². The van der Waals surface area contributed by atoms with Gasteiger partial charge in [-0.1, -0.05) is 17.4 Å². The quantitative estimate of drug-likeness (QED) is 0.484. The molecule has 1 heterocycles. The molecule has 0 fully saturated rings. The summed E-state index contributed by atoms with van der Waals surface area (Å²) in [5.74, 6) is 0.389. The number of nitrogens with zero attached hydrogens (tertiary/aromatic N) is 2. The van der Waals surface area contributed by atoms with Crippen molar-refractivity contribution in [2.24, 2.45) is 0 Å². The van der Waals surface area contributed by atoms with Crippen LogP contribution in [0, 0.1) is 11.3 Å². The molecule has 0 aliphatic rings. The van der Waals surface area contributed by atoms with E-state index in [1.54, 1.807) is 6.07 Å². The maximum Gasteiger partial charge on any atom is 0.268 e. The Morgan fingerprint density at radius 3 is 2.89 bits per heavy atom. The number of phenolic OH excluding ortho intramolecular Hbond substituents is 1. The summed E-state index contributed by atoms with van der Waals surface area (Å²) < 4.78 is 11.4. The third kappa shape index (κ3) is 4.22. The molecule has 0 aliphatic carbocycles. The summed E-state index contributed by atoms with van der Waals surface area (Å²) in [6.45, 7) is 2.47. The van der Waals surface area contributed by atoms with Gasteiger partial charge >= 0.3 is 0 Å². The van der Waals surface area contributed by atoms with Crippen molar-refractivity contribution < 1.29 is 19.4 Å². The number of methoxy groups -OCH3 is 1. The fourth-order valence-corrected chi connectivity index (χ4v) is 3.37. The van der Waals surface area contributed by atoms with Crippen LogP contribution in [0.4, 0.5) is 5.13 Å². The first-order valence-corrected chi connectivity index (χ1v) is 9.19. The number of aromatic hydroxyl groups is 1. The monoisotopic (exact) mass is 395 g/mol. The Morgan fingerprint density at radius 2 is 2.18 bits per heavy atom. The standard InChI is InChI=1S/C20H17N3O4S/c1-3-27-14-5-6-15-18(10-14)28-20(22-15)23-19(25)13(11-21)8-12-4-7-16(24)17(9-12)26-2/h4-10,24H,3H2,1-2H3,(H,22,23,25)/b13-8+. The van der Waals surface area contributed by atoms with Gasteiger partial charge in [-0.3, -0.25) is 10.1 Å². The number of hydrogen-bond acceptors (Lipinski definition) is 7. The molecule has 142 valence electrons. The lowest BCUT2D eigenvalue weighted by atomic mass is 10.1. The number of hydrogen-bond donors (Lipinski definition) is 2. The molecule has 0 radical (unpaired) electrons. The lowest BCUT2D eigenvalue weighted by Crippen LogP contribution is -2.13. The minimum Gasteiger partial charge on any atom is -0.504 e. The van der Waals surface area contributed by atoms with Gasteiger partial charge in [-0.25, -0.2) is 4.98 Å². The van der Waals surface area contributed by atoms with Crippen LogP contribution in [0.3, 0.4) is 0 Å². The number of aromatic nitrogens is 1. The summed E-state index contributed by atoms with van der Waals surface area (Å²) in [7, 11) is 1.42. The lowest BCUT2D eigenvalue weighted by Gasteiger charge is -2.04. The van der Waals surface area contributed by atoms with E-state index in [1.165, 1.54) is 36.7 Å². The number of amides is 1. The summed E-state index contributed by atoms with van der Waals surface area (Å²) >= 11 is 1.30. The van der Waals surface area contributed by atoms with Crippen LogP contribution in [0.1, 0.15) is 12.5 Å². The number of benzene rings is 2. The molecular weight excluding hydrogens is 378 g/mol. The second-order valence-electron chi connectivity index (χ2n) is 5.64. The molecule has 3 rings (SSSR count). The molecule has 1 amide bonds. The summed E-state index contributed by atoms with van der Waals surface area (Å²) in [6.07, 6.45) is 1.41. The Labute approximate surface area is 165 Å². The zero-order valence-corrected chi connectivity index (χ0v) is 16.0. The van der Waals surface area contributed by atoms with Gasteiger partial charge in [-0.05, 0) is 48.9 Å². The van der Waals surface area contributed by atoms with Crippen LogP contribution in [0.5, 0.6) is 17.2 Å². The highest BCUT2D eigenvalue weighted by molar-refractivity contribution is 7.22. The summed E-state index contributed by atoms with van der Waals surface area (Å²) in [5.41, 5.74) is 1.18. The third-order valence-corrected chi connectivity index (χ3v) is 4.70. The van der Waals surface area contributed by atoms with E-state index in [0.717, 1.165) is 16.0 Å². The van der Waals surface area contributed by atoms with E-state index in [1.807, 2.05) is 31.2 Å². The smallest absolute Gasteiger partial charge is 0.268 e. The van der Waals surface area contributed by atoms with Gasteiger partial charge in [-0.15, -0.1) is 0 Å². The molecule has 7 nitrogen and oxygen atoms in total. The maximum absolute atomic E-state index is 12.5. The fourth-order valence-electron chi connectivity index (χ4n) is 2.48. The number of fused-ring (bicyclic) bond motifs is 1. The average molecular weight is 395 g/mol. The van der Waals surface area contributed by atoms with Crippen molar-refractivity contribution in [3.8, 4) is 23.3 Å². The molecule has 3 aromatic rings. The van der Waals surface area contributed by atoms with E-state index >= 15 is 0 Å². The predicted octanol–water partition coefficient (Wildman–Crippen LogP) is 3.95. The molecule has 0 saturated carbocycles. The zero-order chi connectivity index (χ0) is 20.1. The molecule has 8 heteroatoms. The second-order valence-corrected chi connectivity index (χ2v) is 6.67. The molecule has 2 N–H and O–H groups in total. The molecule has 0 spiro atoms. The summed E-state index contributed by atoms with van der Waals surface area (Å²) in [4.78, 5) is 16.8. The first-order chi connectivity index (χ1) is 13.5. The van der Waals surface area contributed by atoms with Crippen molar-refractivity contribution in [1.82, 2.24) is 4.98 Å². The second kappa shape index (κ2) is 8.41. The summed E-state index contributed by atoms with van der Waals surface area (Å²) in [5, 5.41) is 22.0. The molecule has 28 heavy (non-hydrogen) atoms. The Hall–Kier alpha value is -3.57. The maximum atomic E-state index is 12.5. The topological polar surface area (TPSA) is 104 Å². The van der Waals surface area contributed by atoms with Gasteiger partial charge in [-0.2, -0.15) is 5.26 Å². The average Bonchev–Trinajstić information content (AvgIpc) is 3.08. The molecular formula is C20H17N3O4S. The van der Waals surface area contributed by atoms with Crippen LogP contribution in [0.25, 0.3) is 16.3 Å². The SMILES string of the molecule is CCOc1ccc2nc(NC(=O)/C(C#N)=C/c3ccc(O)c(OC)c3)sc2c1. The highest BCUT2D eigenvalue weighted by atomic mass is 32.1. The number of anilines is 1. The number of nitrogens with one attached hydrogen (secondary N) is 1. The van der Waals surface area contributed by atoms with Crippen LogP contribution in [0.15, 0.2) is 42.0 Å². The molecule has 1 aromatic heterocycles. The van der Waals surface area contributed by atoms with E-state index < -0.39 is 5.91 Å². The minimum absolute atomic E-state index is 0.0245. The third-order valence-electron chi connectivity index (χ3n) is 3.77. The van der Waals surface area contributed by atoms with Crippen molar-refractivity contribution in [3.63, 3.8) is 0 Å². The van der Waals surface area contributed by atoms with Crippen LogP contribution in [-0.2, 0) is 4.79 Å². The highest BCUT2D eigenvalue weighted by Gasteiger charge is 2.13. The Bertz CT molecular complexity index is 1100. The number of carbonyl (C=O) groups excluding carboxylic acids is 1. The number of nitriles is 1. The summed E-state index contributed by atoms with van der Waals surface area (Å²) in [6, 6.07) is 11.9. The van der Waals surface area contributed by atoms with Gasteiger partial charge < -0.3 is 14.6 Å². The van der Waals surface area contributed by atoms with Crippen molar-refractivity contribution in [2.45, 2.75) is 6.92 Å². The number of rotatable bonds is 6. The van der Waals surface area contributed by atoms with Gasteiger partial charge in [0.25, 0.3) is 5.91 Å². The van der Waals surface area contributed by atoms with E-state index in [2.05, 4.69) is 10.3 Å². The van der Waals surface area contributed by atoms with Gasteiger partial charge in [0.05, 0.1) is 23.9 Å². The molecule has 0 bridgehead atoms. The van der Waals surface area contributed by atoms with Gasteiger partial charge in [0.2, 0.25) is 0 Å². The van der Waals surface area contributed by atoms with Crippen LogP contribution in [0.2, 0.25) is 0 Å². The first kappa shape index (κ1) is 19.2. The zero-order valence-electron chi connectivity index (χ0n) is 15.2. The van der Waals surface area contributed by atoms with Gasteiger partial charge in [0.1, 0.15) is 17.4 Å². The number of phenols is 1. The molecule has 0 aliphatic heterocycles. The highest BCUT2D eigenvalue weighted by Crippen LogP contribution is 2.30. The Balaban J connectivity index is 1.82. The largest absolute Gasteiger partial charge is 0.504 e. The molecule has 0 saturated heterocycles.